The van der Waals surface area contributed by atoms with Crippen molar-refractivity contribution in [3.8, 4) is 28.4 Å². The van der Waals surface area contributed by atoms with E-state index >= 15 is 0 Å². The van der Waals surface area contributed by atoms with Crippen LogP contribution in [0.1, 0.15) is 44.9 Å². The van der Waals surface area contributed by atoms with Crippen LogP contribution < -0.4 is 14.2 Å². The lowest BCUT2D eigenvalue weighted by Gasteiger charge is -2.14. The van der Waals surface area contributed by atoms with Gasteiger partial charge in [-0.15, -0.1) is 0 Å². The van der Waals surface area contributed by atoms with Crippen molar-refractivity contribution in [1.29, 1.82) is 0 Å². The van der Waals surface area contributed by atoms with Crippen LogP contribution in [0.3, 0.4) is 0 Å². The zero-order chi connectivity index (χ0) is 36.8. The van der Waals surface area contributed by atoms with Gasteiger partial charge in [0.1, 0.15) is 30.0 Å². The monoisotopic (exact) mass is 692 g/mol. The molecule has 2 atom stereocenters. The topological polar surface area (TPSA) is 141 Å². The molecule has 0 saturated heterocycles. The van der Waals surface area contributed by atoms with Gasteiger partial charge in [0.25, 0.3) is 0 Å². The molecule has 11 nitrogen and oxygen atoms in total. The van der Waals surface area contributed by atoms with Crippen LogP contribution in [-0.4, -0.2) is 55.8 Å². The molecule has 0 heterocycles. The molecule has 0 spiro atoms. The quantitative estimate of drug-likeness (QED) is 0.0529. The zero-order valence-electron chi connectivity index (χ0n) is 28.1. The summed E-state index contributed by atoms with van der Waals surface area (Å²) >= 11 is 0. The maximum atomic E-state index is 12.8. The van der Waals surface area contributed by atoms with Gasteiger partial charge >= 0.3 is 29.8 Å². The number of hydrogen-bond donors (Lipinski definition) is 0. The van der Waals surface area contributed by atoms with Gasteiger partial charge in [0, 0.05) is 18.1 Å². The minimum atomic E-state index is -0.602. The van der Waals surface area contributed by atoms with Gasteiger partial charge in [0.05, 0.1) is 29.9 Å². The third kappa shape index (κ3) is 11.6. The third-order valence-electron chi connectivity index (χ3n) is 7.05. The lowest BCUT2D eigenvalue weighted by molar-refractivity contribution is -0.140. The molecule has 0 amide bonds. The summed E-state index contributed by atoms with van der Waals surface area (Å²) in [6.07, 6.45) is 1.73. The molecular formula is C40H36O11. The Labute approximate surface area is 295 Å². The molecule has 4 aromatic carbocycles. The highest BCUT2D eigenvalue weighted by Gasteiger charge is 2.15. The summed E-state index contributed by atoms with van der Waals surface area (Å²) in [6.45, 7) is 10.5. The summed E-state index contributed by atoms with van der Waals surface area (Å²) in [6, 6.07) is 26.0. The molecule has 0 fully saturated rings. The van der Waals surface area contributed by atoms with Gasteiger partial charge in [-0.25, -0.2) is 24.0 Å². The lowest BCUT2D eigenvalue weighted by Crippen LogP contribution is -2.21. The number of ether oxygens (including phenoxy) is 6. The second-order valence-electron chi connectivity index (χ2n) is 11.2. The van der Waals surface area contributed by atoms with Gasteiger partial charge in [-0.05, 0) is 90.8 Å². The largest absolute Gasteiger partial charge is 0.487 e. The van der Waals surface area contributed by atoms with Crippen molar-refractivity contribution in [2.45, 2.75) is 20.0 Å². The summed E-state index contributed by atoms with van der Waals surface area (Å²) in [7, 11) is 0. The number of carbonyl (C=O) groups excluding carboxylic acids is 5. The Morgan fingerprint density at radius 1 is 0.510 bits per heavy atom. The Hall–Kier alpha value is -6.49. The summed E-state index contributed by atoms with van der Waals surface area (Å²) < 4.78 is 31.8. The van der Waals surface area contributed by atoms with Crippen molar-refractivity contribution >= 4 is 29.8 Å². The molecule has 0 saturated carbocycles. The molecule has 0 aliphatic carbocycles. The lowest BCUT2D eigenvalue weighted by atomic mass is 10.0. The van der Waals surface area contributed by atoms with Crippen LogP contribution in [0.25, 0.3) is 11.1 Å². The van der Waals surface area contributed by atoms with Crippen LogP contribution in [0.5, 0.6) is 17.2 Å². The van der Waals surface area contributed by atoms with Crippen molar-refractivity contribution < 1.29 is 52.4 Å². The van der Waals surface area contributed by atoms with Gasteiger partial charge < -0.3 is 28.4 Å². The smallest absolute Gasteiger partial charge is 0.343 e. The van der Waals surface area contributed by atoms with Crippen LogP contribution in [0.2, 0.25) is 0 Å². The molecule has 0 radical (unpaired) electrons. The van der Waals surface area contributed by atoms with Gasteiger partial charge in [-0.3, -0.25) is 0 Å². The van der Waals surface area contributed by atoms with E-state index < -0.39 is 36.0 Å². The SMILES string of the molecule is C=CC(=O)OCC(C)COC(=O)c1ccc(-c2ccc(OC(=O)c3ccc(OC(=O)c4ccc(OC(C)COC(=O)C=C)cc4)cc3)cc2)cc1. The Bertz CT molecular complexity index is 1840. The fraction of sp³-hybridized carbons (Fsp3) is 0.175. The summed E-state index contributed by atoms with van der Waals surface area (Å²) in [5.74, 6) is -1.90. The summed E-state index contributed by atoms with van der Waals surface area (Å²) in [4.78, 5) is 60.2. The highest BCUT2D eigenvalue weighted by molar-refractivity contribution is 5.93. The van der Waals surface area contributed by atoms with Crippen molar-refractivity contribution in [3.63, 3.8) is 0 Å². The first-order valence-corrected chi connectivity index (χ1v) is 15.8. The van der Waals surface area contributed by atoms with E-state index in [0.717, 1.165) is 23.3 Å². The van der Waals surface area contributed by atoms with E-state index in [1.807, 2.05) is 0 Å². The minimum Gasteiger partial charge on any atom is -0.487 e. The predicted octanol–water partition coefficient (Wildman–Crippen LogP) is 6.81. The maximum absolute atomic E-state index is 12.8. The van der Waals surface area contributed by atoms with Gasteiger partial charge in [-0.1, -0.05) is 44.3 Å². The van der Waals surface area contributed by atoms with Crippen LogP contribution in [0, 0.1) is 5.92 Å². The highest BCUT2D eigenvalue weighted by Crippen LogP contribution is 2.24. The van der Waals surface area contributed by atoms with Crippen LogP contribution in [-0.2, 0) is 23.8 Å². The molecule has 262 valence electrons. The predicted molar refractivity (Wildman–Crippen MR) is 187 cm³/mol. The van der Waals surface area contributed by atoms with Crippen LogP contribution in [0.15, 0.2) is 122 Å². The van der Waals surface area contributed by atoms with Gasteiger partial charge in [-0.2, -0.15) is 0 Å². The van der Waals surface area contributed by atoms with Crippen molar-refractivity contribution in [1.82, 2.24) is 0 Å². The van der Waals surface area contributed by atoms with E-state index in [-0.39, 0.29) is 42.6 Å². The highest BCUT2D eigenvalue weighted by atomic mass is 16.6. The first kappa shape index (κ1) is 37.3. The molecule has 2 unspecified atom stereocenters. The molecular weight excluding hydrogens is 656 g/mol. The Morgan fingerprint density at radius 2 is 0.882 bits per heavy atom. The number of benzene rings is 4. The first-order valence-electron chi connectivity index (χ1n) is 15.8. The second-order valence-corrected chi connectivity index (χ2v) is 11.2. The van der Waals surface area contributed by atoms with E-state index in [2.05, 4.69) is 13.2 Å². The zero-order valence-corrected chi connectivity index (χ0v) is 28.1. The summed E-state index contributed by atoms with van der Waals surface area (Å²) in [5.41, 5.74) is 2.58. The number of hydrogen-bond acceptors (Lipinski definition) is 11. The molecule has 0 bridgehead atoms. The molecule has 11 heteroatoms. The number of carbonyl (C=O) groups is 5. The molecule has 0 aliphatic rings. The van der Waals surface area contributed by atoms with Gasteiger partial charge in [0.2, 0.25) is 0 Å². The molecule has 0 aromatic heterocycles. The third-order valence-corrected chi connectivity index (χ3v) is 7.05. The van der Waals surface area contributed by atoms with Crippen molar-refractivity contribution in [2.75, 3.05) is 19.8 Å². The van der Waals surface area contributed by atoms with Crippen molar-refractivity contribution in [3.05, 3.63) is 139 Å². The van der Waals surface area contributed by atoms with E-state index in [9.17, 15) is 24.0 Å². The standard InChI is InChI=1S/C40H36O11/c1-5-36(41)46-23-26(3)24-48-38(43)30-9-7-28(8-10-30)29-11-17-34(18-12-29)50-40(45)32-15-21-35(22-16-32)51-39(44)31-13-19-33(20-14-31)49-27(4)25-47-37(42)6-2/h5-22,26-27H,1-2,23-25H2,3-4H3. The molecule has 4 aromatic rings. The maximum Gasteiger partial charge on any atom is 0.343 e. The molecule has 4 rings (SSSR count). The second kappa shape index (κ2) is 18.3. The van der Waals surface area contributed by atoms with E-state index in [1.54, 1.807) is 86.6 Å². The number of esters is 5. The average molecular weight is 693 g/mol. The average Bonchev–Trinajstić information content (AvgIpc) is 3.15. The molecule has 0 N–H and O–H groups in total. The minimum absolute atomic E-state index is 0.0458. The fourth-order valence-corrected chi connectivity index (χ4v) is 4.33. The van der Waals surface area contributed by atoms with Gasteiger partial charge in [0.15, 0.2) is 0 Å². The fourth-order valence-electron chi connectivity index (χ4n) is 4.33. The molecule has 0 aliphatic heterocycles. The Kier molecular flexibility index (Phi) is 13.4. The van der Waals surface area contributed by atoms with Crippen LogP contribution in [0.4, 0.5) is 0 Å². The van der Waals surface area contributed by atoms with E-state index in [4.69, 9.17) is 28.4 Å². The molecule has 51 heavy (non-hydrogen) atoms. The normalized spacial score (nSPS) is 11.6. The summed E-state index contributed by atoms with van der Waals surface area (Å²) in [5, 5.41) is 0. The Morgan fingerprint density at radius 3 is 1.37 bits per heavy atom. The number of rotatable bonds is 16. The Balaban J connectivity index is 1.24. The van der Waals surface area contributed by atoms with Crippen LogP contribution >= 0.6 is 0 Å². The first-order chi connectivity index (χ1) is 24.5. The van der Waals surface area contributed by atoms with Crippen molar-refractivity contribution in [2.24, 2.45) is 5.92 Å². The van der Waals surface area contributed by atoms with E-state index in [0.29, 0.717) is 17.1 Å². The van der Waals surface area contributed by atoms with E-state index in [1.165, 1.54) is 24.3 Å².